The highest BCUT2D eigenvalue weighted by Gasteiger charge is 2.04. The van der Waals surface area contributed by atoms with E-state index in [0.29, 0.717) is 23.0 Å². The first-order valence-electron chi connectivity index (χ1n) is 5.09. The number of benzene rings is 1. The van der Waals surface area contributed by atoms with Crippen LogP contribution in [0.25, 0.3) is 0 Å². The van der Waals surface area contributed by atoms with Crippen LogP contribution in [0, 0.1) is 0 Å². The number of nitrogens with two attached hydrogens (primary N) is 1. The summed E-state index contributed by atoms with van der Waals surface area (Å²) >= 11 is 5.81. The second kappa shape index (κ2) is 5.01. The van der Waals surface area contributed by atoms with E-state index in [4.69, 9.17) is 22.1 Å². The largest absolute Gasteiger partial charge is 0.478 e. The number of methoxy groups -OCH3 is 1. The second-order valence-corrected chi connectivity index (χ2v) is 4.04. The Kier molecular flexibility index (Phi) is 3.44. The van der Waals surface area contributed by atoms with Gasteiger partial charge in [-0.1, -0.05) is 23.7 Å². The molecule has 2 aromatic rings. The molecule has 0 aliphatic heterocycles. The van der Waals surface area contributed by atoms with E-state index in [9.17, 15) is 0 Å². The fourth-order valence-electron chi connectivity index (χ4n) is 1.49. The van der Waals surface area contributed by atoms with Gasteiger partial charge in [-0.3, -0.25) is 0 Å². The third-order valence-electron chi connectivity index (χ3n) is 2.33. The van der Waals surface area contributed by atoms with Crippen molar-refractivity contribution in [1.29, 1.82) is 0 Å². The van der Waals surface area contributed by atoms with Crippen molar-refractivity contribution in [1.82, 2.24) is 10.2 Å². The number of anilines is 1. The highest BCUT2D eigenvalue weighted by atomic mass is 35.5. The zero-order chi connectivity index (χ0) is 12.3. The van der Waals surface area contributed by atoms with Gasteiger partial charge in [0.15, 0.2) is 0 Å². The zero-order valence-corrected chi connectivity index (χ0v) is 10.1. The van der Waals surface area contributed by atoms with E-state index in [2.05, 4.69) is 10.2 Å². The Morgan fingerprint density at radius 2 is 1.94 bits per heavy atom. The predicted molar refractivity (Wildman–Crippen MR) is 67.3 cm³/mol. The molecule has 4 nitrogen and oxygen atoms in total. The van der Waals surface area contributed by atoms with Crippen molar-refractivity contribution < 1.29 is 4.74 Å². The standard InChI is InChI=1S/C12H12ClN3O/c1-17-12-11(14)7-10(15-16-12)6-8-2-4-9(13)5-3-8/h2-5,7H,6H2,1H3,(H2,14,15). The Morgan fingerprint density at radius 1 is 1.24 bits per heavy atom. The highest BCUT2D eigenvalue weighted by molar-refractivity contribution is 6.30. The quantitative estimate of drug-likeness (QED) is 0.907. The molecule has 0 radical (unpaired) electrons. The number of nitrogens with zero attached hydrogens (tertiary/aromatic N) is 2. The van der Waals surface area contributed by atoms with Crippen molar-refractivity contribution in [3.8, 4) is 5.88 Å². The molecule has 0 unspecified atom stereocenters. The first kappa shape index (κ1) is 11.7. The van der Waals surface area contributed by atoms with E-state index >= 15 is 0 Å². The van der Waals surface area contributed by atoms with Crippen molar-refractivity contribution in [2.24, 2.45) is 0 Å². The lowest BCUT2D eigenvalue weighted by molar-refractivity contribution is 0.393. The molecule has 0 aliphatic rings. The van der Waals surface area contributed by atoms with Gasteiger partial charge in [0.1, 0.15) is 0 Å². The first-order valence-corrected chi connectivity index (χ1v) is 5.47. The maximum absolute atomic E-state index is 5.81. The molecule has 0 bridgehead atoms. The molecule has 1 heterocycles. The molecule has 0 spiro atoms. The molecular weight excluding hydrogens is 238 g/mol. The third-order valence-corrected chi connectivity index (χ3v) is 2.58. The summed E-state index contributed by atoms with van der Waals surface area (Å²) < 4.78 is 4.95. The Balaban J connectivity index is 2.19. The van der Waals surface area contributed by atoms with Crippen LogP contribution in [-0.2, 0) is 6.42 Å². The molecule has 0 amide bonds. The molecule has 88 valence electrons. The first-order chi connectivity index (χ1) is 8.19. The van der Waals surface area contributed by atoms with Crippen LogP contribution in [0.5, 0.6) is 5.88 Å². The Labute approximate surface area is 104 Å². The van der Waals surface area contributed by atoms with Crippen LogP contribution in [0.1, 0.15) is 11.3 Å². The lowest BCUT2D eigenvalue weighted by Crippen LogP contribution is -2.01. The number of nitrogen functional groups attached to an aromatic ring is 1. The molecule has 0 fully saturated rings. The smallest absolute Gasteiger partial charge is 0.256 e. The Hall–Kier alpha value is -1.81. The van der Waals surface area contributed by atoms with Crippen LogP contribution in [0.3, 0.4) is 0 Å². The summed E-state index contributed by atoms with van der Waals surface area (Å²) in [6.45, 7) is 0. The molecular formula is C12H12ClN3O. The van der Waals surface area contributed by atoms with Crippen molar-refractivity contribution in [3.05, 3.63) is 46.6 Å². The van der Waals surface area contributed by atoms with Gasteiger partial charge in [-0.25, -0.2) is 0 Å². The van der Waals surface area contributed by atoms with Gasteiger partial charge < -0.3 is 10.5 Å². The van der Waals surface area contributed by atoms with Gasteiger partial charge in [0.05, 0.1) is 18.5 Å². The van der Waals surface area contributed by atoms with Crippen LogP contribution in [0.4, 0.5) is 5.69 Å². The number of hydrogen-bond acceptors (Lipinski definition) is 4. The fraction of sp³-hybridized carbons (Fsp3) is 0.167. The van der Waals surface area contributed by atoms with Crippen molar-refractivity contribution in [3.63, 3.8) is 0 Å². The minimum atomic E-state index is 0.352. The number of ether oxygens (including phenoxy) is 1. The summed E-state index contributed by atoms with van der Waals surface area (Å²) in [5.41, 5.74) is 8.15. The minimum Gasteiger partial charge on any atom is -0.478 e. The van der Waals surface area contributed by atoms with E-state index in [0.717, 1.165) is 11.3 Å². The van der Waals surface area contributed by atoms with Gasteiger partial charge >= 0.3 is 0 Å². The topological polar surface area (TPSA) is 61.0 Å². The van der Waals surface area contributed by atoms with Gasteiger partial charge in [-0.15, -0.1) is 5.10 Å². The van der Waals surface area contributed by atoms with Crippen molar-refractivity contribution in [2.45, 2.75) is 6.42 Å². The van der Waals surface area contributed by atoms with Gasteiger partial charge in [-0.05, 0) is 23.8 Å². The van der Waals surface area contributed by atoms with E-state index in [-0.39, 0.29) is 0 Å². The van der Waals surface area contributed by atoms with Crippen LogP contribution in [0.15, 0.2) is 30.3 Å². The SMILES string of the molecule is COc1nnc(Cc2ccc(Cl)cc2)cc1N. The van der Waals surface area contributed by atoms with E-state index in [1.165, 1.54) is 7.11 Å². The highest BCUT2D eigenvalue weighted by Crippen LogP contribution is 2.18. The monoisotopic (exact) mass is 249 g/mol. The van der Waals surface area contributed by atoms with Gasteiger partial charge in [0.2, 0.25) is 0 Å². The van der Waals surface area contributed by atoms with Crippen LogP contribution < -0.4 is 10.5 Å². The average Bonchev–Trinajstić information content (AvgIpc) is 2.32. The normalized spacial score (nSPS) is 10.2. The molecule has 0 saturated heterocycles. The van der Waals surface area contributed by atoms with Crippen LogP contribution in [-0.4, -0.2) is 17.3 Å². The van der Waals surface area contributed by atoms with Gasteiger partial charge in [0, 0.05) is 11.4 Å². The van der Waals surface area contributed by atoms with E-state index in [1.807, 2.05) is 24.3 Å². The molecule has 1 aromatic heterocycles. The maximum atomic E-state index is 5.81. The predicted octanol–water partition coefficient (Wildman–Crippen LogP) is 2.31. The maximum Gasteiger partial charge on any atom is 0.256 e. The van der Waals surface area contributed by atoms with Crippen molar-refractivity contribution in [2.75, 3.05) is 12.8 Å². The van der Waals surface area contributed by atoms with Crippen molar-refractivity contribution >= 4 is 17.3 Å². The summed E-state index contributed by atoms with van der Waals surface area (Å²) in [7, 11) is 1.51. The van der Waals surface area contributed by atoms with Crippen LogP contribution >= 0.6 is 11.6 Å². The Bertz CT molecular complexity index is 514. The molecule has 0 atom stereocenters. The molecule has 1 aromatic carbocycles. The minimum absolute atomic E-state index is 0.352. The number of hydrogen-bond donors (Lipinski definition) is 1. The fourth-order valence-corrected chi connectivity index (χ4v) is 1.62. The molecule has 0 saturated carbocycles. The number of aromatic nitrogens is 2. The molecule has 0 aliphatic carbocycles. The van der Waals surface area contributed by atoms with E-state index in [1.54, 1.807) is 6.07 Å². The lowest BCUT2D eigenvalue weighted by Gasteiger charge is -2.05. The summed E-state index contributed by atoms with van der Waals surface area (Å²) in [6, 6.07) is 9.35. The summed E-state index contributed by atoms with van der Waals surface area (Å²) in [4.78, 5) is 0. The summed E-state index contributed by atoms with van der Waals surface area (Å²) in [6.07, 6.45) is 0.665. The average molecular weight is 250 g/mol. The summed E-state index contributed by atoms with van der Waals surface area (Å²) in [5, 5.41) is 8.64. The molecule has 2 rings (SSSR count). The van der Waals surface area contributed by atoms with Gasteiger partial charge in [0.25, 0.3) is 5.88 Å². The Morgan fingerprint density at radius 3 is 2.53 bits per heavy atom. The second-order valence-electron chi connectivity index (χ2n) is 3.60. The third kappa shape index (κ3) is 2.85. The van der Waals surface area contributed by atoms with Crippen LogP contribution in [0.2, 0.25) is 5.02 Å². The lowest BCUT2D eigenvalue weighted by atomic mass is 10.1. The number of rotatable bonds is 3. The van der Waals surface area contributed by atoms with Gasteiger partial charge in [-0.2, -0.15) is 5.10 Å². The molecule has 2 N–H and O–H groups in total. The molecule has 5 heteroatoms. The summed E-state index contributed by atoms with van der Waals surface area (Å²) in [5.74, 6) is 0.352. The zero-order valence-electron chi connectivity index (χ0n) is 9.35. The van der Waals surface area contributed by atoms with E-state index < -0.39 is 0 Å². The number of halogens is 1. The molecule has 17 heavy (non-hydrogen) atoms.